The highest BCUT2D eigenvalue weighted by molar-refractivity contribution is 7.88. The van der Waals surface area contributed by atoms with Crippen molar-refractivity contribution in [3.8, 4) is 11.1 Å². The second-order valence-corrected chi connectivity index (χ2v) is 13.4. The lowest BCUT2D eigenvalue weighted by molar-refractivity contribution is 0.117. The first-order valence-corrected chi connectivity index (χ1v) is 15.8. The molecule has 1 aliphatic carbocycles. The summed E-state index contributed by atoms with van der Waals surface area (Å²) in [7, 11) is 0.543. The second kappa shape index (κ2) is 11.4. The topological polar surface area (TPSA) is 128 Å². The third-order valence-electron chi connectivity index (χ3n) is 8.07. The zero-order valence-corrected chi connectivity index (χ0v) is 24.4. The van der Waals surface area contributed by atoms with Crippen molar-refractivity contribution in [2.24, 2.45) is 5.92 Å². The molecule has 0 bridgehead atoms. The van der Waals surface area contributed by atoms with E-state index in [2.05, 4.69) is 41.5 Å². The molecule has 4 heterocycles. The van der Waals surface area contributed by atoms with Crippen molar-refractivity contribution < 1.29 is 17.2 Å². The molecule has 0 spiro atoms. The van der Waals surface area contributed by atoms with Crippen LogP contribution in [0.15, 0.2) is 48.9 Å². The highest BCUT2D eigenvalue weighted by Crippen LogP contribution is 2.46. The predicted molar refractivity (Wildman–Crippen MR) is 156 cm³/mol. The quantitative estimate of drug-likeness (QED) is 0.244. The van der Waals surface area contributed by atoms with E-state index in [-0.39, 0.29) is 24.4 Å². The molecule has 4 N–H and O–H groups in total. The molecule has 1 aliphatic heterocycles. The van der Waals surface area contributed by atoms with Gasteiger partial charge in [-0.15, -0.1) is 0 Å². The van der Waals surface area contributed by atoms with Crippen molar-refractivity contribution in [1.82, 2.24) is 40.4 Å². The zero-order valence-electron chi connectivity index (χ0n) is 23.6. The number of alkyl halides is 1. The summed E-state index contributed by atoms with van der Waals surface area (Å²) in [6, 6.07) is 7.71. The average molecular weight is 597 g/mol. The van der Waals surface area contributed by atoms with Gasteiger partial charge in [-0.05, 0) is 73.5 Å². The van der Waals surface area contributed by atoms with Crippen molar-refractivity contribution in [2.75, 3.05) is 20.4 Å². The van der Waals surface area contributed by atoms with Crippen LogP contribution in [0.5, 0.6) is 0 Å². The number of hydrogen-bond acceptors (Lipinski definition) is 8. The molecule has 5 unspecified atom stereocenters. The molecule has 10 nitrogen and oxygen atoms in total. The SMILES string of the molecule is CN(C)Cc1cncc(C2CCC3NNC(c4nc5nccc(-c6cc(F)cc(CNS(C)(=O)=O)c6)c5[nH]4)C3C2F)c1. The number of nitrogens with one attached hydrogen (secondary N) is 4. The van der Waals surface area contributed by atoms with E-state index < -0.39 is 28.1 Å². The van der Waals surface area contributed by atoms with Crippen molar-refractivity contribution in [3.05, 3.63) is 77.3 Å². The normalized spacial score (nSPS) is 24.4. The Balaban J connectivity index is 1.30. The number of imidazole rings is 1. The van der Waals surface area contributed by atoms with Gasteiger partial charge in [0.1, 0.15) is 17.8 Å². The maximum Gasteiger partial charge on any atom is 0.209 e. The van der Waals surface area contributed by atoms with E-state index in [1.807, 2.05) is 20.3 Å². The third kappa shape index (κ3) is 5.92. The molecule has 0 amide bonds. The molecule has 5 atom stereocenters. The highest BCUT2D eigenvalue weighted by atomic mass is 32.2. The van der Waals surface area contributed by atoms with Crippen molar-refractivity contribution in [1.29, 1.82) is 0 Å². The Morgan fingerprint density at radius 2 is 1.93 bits per heavy atom. The van der Waals surface area contributed by atoms with Gasteiger partial charge in [0.2, 0.25) is 10.0 Å². The van der Waals surface area contributed by atoms with Crippen LogP contribution in [0, 0.1) is 11.7 Å². The first-order valence-electron chi connectivity index (χ1n) is 13.9. The van der Waals surface area contributed by atoms with E-state index in [4.69, 9.17) is 4.98 Å². The van der Waals surface area contributed by atoms with E-state index in [1.165, 1.54) is 12.1 Å². The monoisotopic (exact) mass is 596 g/mol. The fourth-order valence-corrected chi connectivity index (χ4v) is 6.71. The van der Waals surface area contributed by atoms with Gasteiger partial charge in [0, 0.05) is 55.1 Å². The number of halogens is 2. The van der Waals surface area contributed by atoms with Gasteiger partial charge in [-0.3, -0.25) is 10.4 Å². The first kappa shape index (κ1) is 28.7. The second-order valence-electron chi connectivity index (χ2n) is 11.6. The van der Waals surface area contributed by atoms with Crippen molar-refractivity contribution in [2.45, 2.75) is 50.1 Å². The predicted octanol–water partition coefficient (Wildman–Crippen LogP) is 3.32. The lowest BCUT2D eigenvalue weighted by Gasteiger charge is -2.36. The standard InChI is InChI=1S/C29H34F2N8O2S/c1-39(2)15-17-9-19(14-32-12-17)21-4-5-23-24(25(21)31)27(38-37-23)29-35-26-22(6-7-33-28(26)36-29)18-8-16(10-20(30)11-18)13-34-42(3,40)41/h6-12,14,21,23-25,27,34,37-38H,4-5,13,15H2,1-3H3,(H,33,35,36). The lowest BCUT2D eigenvalue weighted by Crippen LogP contribution is -2.41. The summed E-state index contributed by atoms with van der Waals surface area (Å²) in [5.41, 5.74) is 11.2. The third-order valence-corrected chi connectivity index (χ3v) is 8.74. The molecule has 42 heavy (non-hydrogen) atoms. The minimum absolute atomic E-state index is 0.0423. The minimum atomic E-state index is -3.44. The number of nitrogens with zero attached hydrogens (tertiary/aromatic N) is 4. The minimum Gasteiger partial charge on any atom is -0.339 e. The number of H-pyrrole nitrogens is 1. The number of hydrogen-bond donors (Lipinski definition) is 4. The largest absolute Gasteiger partial charge is 0.339 e. The van der Waals surface area contributed by atoms with E-state index in [0.29, 0.717) is 40.1 Å². The van der Waals surface area contributed by atoms with Crippen molar-refractivity contribution in [3.63, 3.8) is 0 Å². The molecule has 3 aromatic heterocycles. The van der Waals surface area contributed by atoms with Crippen LogP contribution >= 0.6 is 0 Å². The fraction of sp³-hybridized carbons (Fsp3) is 0.414. The Labute approximate surface area is 243 Å². The van der Waals surface area contributed by atoms with E-state index in [1.54, 1.807) is 24.5 Å². The number of pyridine rings is 2. The summed E-state index contributed by atoms with van der Waals surface area (Å²) < 4.78 is 56.5. The van der Waals surface area contributed by atoms with Gasteiger partial charge >= 0.3 is 0 Å². The summed E-state index contributed by atoms with van der Waals surface area (Å²) >= 11 is 0. The Bertz CT molecular complexity index is 1710. The summed E-state index contributed by atoms with van der Waals surface area (Å²) in [6.45, 7) is 0.692. The maximum atomic E-state index is 16.4. The van der Waals surface area contributed by atoms with Gasteiger partial charge < -0.3 is 9.88 Å². The van der Waals surface area contributed by atoms with E-state index >= 15 is 4.39 Å². The Morgan fingerprint density at radius 3 is 2.71 bits per heavy atom. The zero-order chi connectivity index (χ0) is 29.6. The molecule has 6 rings (SSSR count). The van der Waals surface area contributed by atoms with Crippen LogP contribution < -0.4 is 15.6 Å². The lowest BCUT2D eigenvalue weighted by atomic mass is 9.72. The van der Waals surface area contributed by atoms with Gasteiger partial charge in [-0.25, -0.2) is 37.3 Å². The Hall–Kier alpha value is -3.36. The molecule has 1 saturated heterocycles. The molecular weight excluding hydrogens is 562 g/mol. The van der Waals surface area contributed by atoms with Crippen LogP contribution in [0.4, 0.5) is 8.78 Å². The number of hydrazine groups is 1. The molecule has 0 radical (unpaired) electrons. The van der Waals surface area contributed by atoms with E-state index in [9.17, 15) is 12.8 Å². The summed E-state index contributed by atoms with van der Waals surface area (Å²) in [6.07, 6.45) is 6.61. The van der Waals surface area contributed by atoms with Gasteiger partial charge in [-0.2, -0.15) is 0 Å². The number of sulfonamides is 1. The summed E-state index contributed by atoms with van der Waals surface area (Å²) in [4.78, 5) is 18.9. The van der Waals surface area contributed by atoms with Crippen molar-refractivity contribution >= 4 is 21.2 Å². The fourth-order valence-electron chi connectivity index (χ4n) is 6.28. The number of benzene rings is 1. The van der Waals surface area contributed by atoms with E-state index in [0.717, 1.165) is 30.3 Å². The average Bonchev–Trinajstić information content (AvgIpc) is 3.56. The van der Waals surface area contributed by atoms with Crippen LogP contribution in [0.25, 0.3) is 22.3 Å². The summed E-state index contributed by atoms with van der Waals surface area (Å²) in [5.74, 6) is -0.616. The van der Waals surface area contributed by atoms with Crippen LogP contribution in [0.3, 0.4) is 0 Å². The molecule has 1 aromatic carbocycles. The van der Waals surface area contributed by atoms with Gasteiger partial charge in [0.25, 0.3) is 0 Å². The molecular formula is C29H34F2N8O2S. The number of aromatic nitrogens is 4. The number of aromatic amines is 1. The smallest absolute Gasteiger partial charge is 0.209 e. The maximum absolute atomic E-state index is 16.4. The Morgan fingerprint density at radius 1 is 1.10 bits per heavy atom. The van der Waals surface area contributed by atoms with Gasteiger partial charge in [0.05, 0.1) is 17.8 Å². The van der Waals surface area contributed by atoms with Gasteiger partial charge in [0.15, 0.2) is 5.65 Å². The molecule has 2 fully saturated rings. The molecule has 1 saturated carbocycles. The molecule has 13 heteroatoms. The van der Waals surface area contributed by atoms with Crippen LogP contribution in [0.1, 0.15) is 47.3 Å². The van der Waals surface area contributed by atoms with Crippen LogP contribution in [0.2, 0.25) is 0 Å². The molecule has 2 aliphatic rings. The summed E-state index contributed by atoms with van der Waals surface area (Å²) in [5, 5.41) is 0. The molecule has 4 aromatic rings. The molecule has 222 valence electrons. The number of rotatable bonds is 8. The van der Waals surface area contributed by atoms with Gasteiger partial charge in [-0.1, -0.05) is 6.07 Å². The number of fused-ring (bicyclic) bond motifs is 2. The van der Waals surface area contributed by atoms with Crippen LogP contribution in [-0.4, -0.2) is 65.8 Å². The Kier molecular flexibility index (Phi) is 7.79. The highest BCUT2D eigenvalue weighted by Gasteiger charge is 2.49. The first-order chi connectivity index (χ1) is 20.1. The van der Waals surface area contributed by atoms with Crippen LogP contribution in [-0.2, 0) is 23.1 Å².